The highest BCUT2D eigenvalue weighted by atomic mass is 32.2. The molecule has 2 aromatic rings. The van der Waals surface area contributed by atoms with Gasteiger partial charge in [0, 0.05) is 12.6 Å². The molecule has 134 valence electrons. The number of hydrogen-bond acceptors (Lipinski definition) is 4. The van der Waals surface area contributed by atoms with E-state index in [1.54, 1.807) is 43.6 Å². The van der Waals surface area contributed by atoms with Crippen LogP contribution in [-0.4, -0.2) is 33.5 Å². The average Bonchev–Trinajstić information content (AvgIpc) is 2.60. The second-order valence-electron chi connectivity index (χ2n) is 6.24. The highest BCUT2D eigenvalue weighted by Gasteiger charge is 2.34. The molecule has 0 N–H and O–H groups in total. The van der Waals surface area contributed by atoms with Crippen LogP contribution in [0.4, 0.5) is 0 Å². The van der Waals surface area contributed by atoms with Crippen LogP contribution in [0.5, 0.6) is 11.5 Å². The van der Waals surface area contributed by atoms with Crippen molar-refractivity contribution in [2.24, 2.45) is 0 Å². The molecule has 0 aliphatic carbocycles. The normalized spacial score (nSPS) is 17.8. The summed E-state index contributed by atoms with van der Waals surface area (Å²) in [6.07, 6.45) is 0.672. The summed E-state index contributed by atoms with van der Waals surface area (Å²) < 4.78 is 38.5. The number of nitrogens with zero attached hydrogens (tertiary/aromatic N) is 1. The molecule has 0 aromatic heterocycles. The standard InChI is InChI=1S/C19H23NO4S/c1-13-11-16(23-3)6-8-19(13)25(21,22)20-10-9-15-12-17(24-4)5-7-18(15)14(20)2/h5-8,11-12,14H,9-10H2,1-4H3. The summed E-state index contributed by atoms with van der Waals surface area (Å²) in [6.45, 7) is 4.18. The zero-order valence-corrected chi connectivity index (χ0v) is 15.8. The lowest BCUT2D eigenvalue weighted by atomic mass is 9.95. The Morgan fingerprint density at radius 1 is 1.04 bits per heavy atom. The number of methoxy groups -OCH3 is 2. The number of fused-ring (bicyclic) bond motifs is 1. The van der Waals surface area contributed by atoms with Crippen molar-refractivity contribution in [3.8, 4) is 11.5 Å². The van der Waals surface area contributed by atoms with Gasteiger partial charge in [-0.15, -0.1) is 0 Å². The first-order valence-corrected chi connectivity index (χ1v) is 9.65. The monoisotopic (exact) mass is 361 g/mol. The largest absolute Gasteiger partial charge is 0.497 e. The van der Waals surface area contributed by atoms with Crippen molar-refractivity contribution in [2.45, 2.75) is 31.2 Å². The molecule has 0 amide bonds. The molecule has 3 rings (SSSR count). The van der Waals surface area contributed by atoms with Gasteiger partial charge in [-0.2, -0.15) is 4.31 Å². The fourth-order valence-corrected chi connectivity index (χ4v) is 5.23. The van der Waals surface area contributed by atoms with Crippen LogP contribution in [-0.2, 0) is 16.4 Å². The molecule has 1 heterocycles. The summed E-state index contributed by atoms with van der Waals surface area (Å²) in [4.78, 5) is 0.331. The van der Waals surface area contributed by atoms with E-state index < -0.39 is 10.0 Å². The molecular formula is C19H23NO4S. The van der Waals surface area contributed by atoms with Crippen LogP contribution in [0.3, 0.4) is 0 Å². The van der Waals surface area contributed by atoms with Crippen LogP contribution in [0.25, 0.3) is 0 Å². The fraction of sp³-hybridized carbons (Fsp3) is 0.368. The van der Waals surface area contributed by atoms with Crippen molar-refractivity contribution in [1.29, 1.82) is 0 Å². The van der Waals surface area contributed by atoms with Gasteiger partial charge >= 0.3 is 0 Å². The minimum atomic E-state index is -3.58. The molecule has 0 spiro atoms. The summed E-state index contributed by atoms with van der Waals surface area (Å²) in [5.41, 5.74) is 2.86. The van der Waals surface area contributed by atoms with E-state index in [1.807, 2.05) is 25.1 Å². The highest BCUT2D eigenvalue weighted by Crippen LogP contribution is 2.36. The molecule has 0 saturated heterocycles. The van der Waals surface area contributed by atoms with E-state index in [4.69, 9.17) is 9.47 Å². The van der Waals surface area contributed by atoms with Gasteiger partial charge in [0.05, 0.1) is 19.1 Å². The van der Waals surface area contributed by atoms with Crippen LogP contribution in [0.15, 0.2) is 41.3 Å². The third-order valence-electron chi connectivity index (χ3n) is 4.80. The predicted molar refractivity (Wildman–Crippen MR) is 96.7 cm³/mol. The Morgan fingerprint density at radius 3 is 2.32 bits per heavy atom. The fourth-order valence-electron chi connectivity index (χ4n) is 3.41. The topological polar surface area (TPSA) is 55.8 Å². The minimum absolute atomic E-state index is 0.221. The Morgan fingerprint density at radius 2 is 1.68 bits per heavy atom. The van der Waals surface area contributed by atoms with E-state index in [9.17, 15) is 8.42 Å². The Balaban J connectivity index is 1.98. The number of rotatable bonds is 4. The summed E-state index contributed by atoms with van der Waals surface area (Å²) in [7, 11) is -0.372. The van der Waals surface area contributed by atoms with Gasteiger partial charge in [0.1, 0.15) is 11.5 Å². The van der Waals surface area contributed by atoms with Crippen LogP contribution in [0.2, 0.25) is 0 Å². The van der Waals surface area contributed by atoms with Crippen LogP contribution < -0.4 is 9.47 Å². The molecule has 0 bridgehead atoms. The number of ether oxygens (including phenoxy) is 2. The van der Waals surface area contributed by atoms with E-state index in [2.05, 4.69) is 0 Å². The van der Waals surface area contributed by atoms with Gasteiger partial charge in [0.25, 0.3) is 0 Å². The summed E-state index contributed by atoms with van der Waals surface area (Å²) in [5.74, 6) is 1.45. The van der Waals surface area contributed by atoms with Crippen LogP contribution in [0.1, 0.15) is 29.7 Å². The molecule has 0 saturated carbocycles. The van der Waals surface area contributed by atoms with Gasteiger partial charge in [-0.1, -0.05) is 6.07 Å². The maximum absolute atomic E-state index is 13.2. The van der Waals surface area contributed by atoms with Gasteiger partial charge in [-0.3, -0.25) is 0 Å². The number of aryl methyl sites for hydroxylation is 1. The Kier molecular flexibility index (Phi) is 4.75. The first-order chi connectivity index (χ1) is 11.9. The maximum atomic E-state index is 13.2. The van der Waals surface area contributed by atoms with Gasteiger partial charge < -0.3 is 9.47 Å². The summed E-state index contributed by atoms with van der Waals surface area (Å²) in [5, 5.41) is 0. The summed E-state index contributed by atoms with van der Waals surface area (Å²) in [6, 6.07) is 10.7. The van der Waals surface area contributed by atoms with Crippen molar-refractivity contribution in [1.82, 2.24) is 4.31 Å². The van der Waals surface area contributed by atoms with Crippen LogP contribution >= 0.6 is 0 Å². The third kappa shape index (κ3) is 3.12. The Labute approximate surface area is 149 Å². The number of hydrogen-bond donors (Lipinski definition) is 0. The van der Waals surface area contributed by atoms with Gasteiger partial charge in [-0.05, 0) is 67.3 Å². The van der Waals surface area contributed by atoms with E-state index in [-0.39, 0.29) is 6.04 Å². The molecule has 1 unspecified atom stereocenters. The number of sulfonamides is 1. The maximum Gasteiger partial charge on any atom is 0.243 e. The molecule has 0 radical (unpaired) electrons. The molecule has 0 fully saturated rings. The first-order valence-electron chi connectivity index (χ1n) is 8.21. The molecule has 5 nitrogen and oxygen atoms in total. The average molecular weight is 361 g/mol. The van der Waals surface area contributed by atoms with Crippen molar-refractivity contribution in [2.75, 3.05) is 20.8 Å². The molecule has 6 heteroatoms. The number of benzene rings is 2. The molecule has 2 aromatic carbocycles. The van der Waals surface area contributed by atoms with E-state index >= 15 is 0 Å². The molecule has 25 heavy (non-hydrogen) atoms. The lowest BCUT2D eigenvalue weighted by Gasteiger charge is -2.34. The van der Waals surface area contributed by atoms with Crippen molar-refractivity contribution < 1.29 is 17.9 Å². The predicted octanol–water partition coefficient (Wildman–Crippen LogP) is 3.32. The Hall–Kier alpha value is -2.05. The van der Waals surface area contributed by atoms with Crippen molar-refractivity contribution >= 4 is 10.0 Å². The van der Waals surface area contributed by atoms with E-state index in [0.717, 1.165) is 16.9 Å². The van der Waals surface area contributed by atoms with E-state index in [1.165, 1.54) is 0 Å². The quantitative estimate of drug-likeness (QED) is 0.838. The summed E-state index contributed by atoms with van der Waals surface area (Å²) >= 11 is 0. The molecule has 1 atom stereocenters. The van der Waals surface area contributed by atoms with E-state index in [0.29, 0.717) is 29.2 Å². The molecule has 1 aliphatic rings. The van der Waals surface area contributed by atoms with Gasteiger partial charge in [-0.25, -0.2) is 8.42 Å². The molecule has 1 aliphatic heterocycles. The van der Waals surface area contributed by atoms with Crippen molar-refractivity contribution in [3.63, 3.8) is 0 Å². The SMILES string of the molecule is COc1ccc(S(=O)(=O)N2CCc3cc(OC)ccc3C2C)c(C)c1. The lowest BCUT2D eigenvalue weighted by molar-refractivity contribution is 0.325. The van der Waals surface area contributed by atoms with Crippen molar-refractivity contribution in [3.05, 3.63) is 53.1 Å². The second-order valence-corrected chi connectivity index (χ2v) is 8.10. The second kappa shape index (κ2) is 6.69. The smallest absolute Gasteiger partial charge is 0.243 e. The zero-order valence-electron chi connectivity index (χ0n) is 14.9. The Bertz CT molecular complexity index is 892. The first kappa shape index (κ1) is 17.8. The highest BCUT2D eigenvalue weighted by molar-refractivity contribution is 7.89. The minimum Gasteiger partial charge on any atom is -0.497 e. The third-order valence-corrected chi connectivity index (χ3v) is 6.93. The lowest BCUT2D eigenvalue weighted by Crippen LogP contribution is -2.39. The zero-order chi connectivity index (χ0) is 18.2. The van der Waals surface area contributed by atoms with Gasteiger partial charge in [0.2, 0.25) is 10.0 Å². The molecular weight excluding hydrogens is 338 g/mol. The van der Waals surface area contributed by atoms with Crippen LogP contribution in [0, 0.1) is 6.92 Å². The van der Waals surface area contributed by atoms with Gasteiger partial charge in [0.15, 0.2) is 0 Å².